The van der Waals surface area contributed by atoms with Crippen LogP contribution in [0.15, 0.2) is 60.9 Å². The zero-order chi connectivity index (χ0) is 18.9. The van der Waals surface area contributed by atoms with Gasteiger partial charge in [0.1, 0.15) is 12.1 Å². The summed E-state index contributed by atoms with van der Waals surface area (Å²) in [5.74, 6) is 1.77. The van der Waals surface area contributed by atoms with Crippen LogP contribution in [0.3, 0.4) is 0 Å². The molecule has 2 aromatic heterocycles. The number of nitrogens with zero attached hydrogens (tertiary/aromatic N) is 5. The molecule has 0 saturated carbocycles. The number of piperidine rings is 1. The Hall–Kier alpha value is -3.41. The van der Waals surface area contributed by atoms with Crippen LogP contribution in [0, 0.1) is 0 Å². The Balaban J connectivity index is 1.72. The second-order valence-electron chi connectivity index (χ2n) is 7.09. The van der Waals surface area contributed by atoms with E-state index in [1.807, 2.05) is 53.4 Å². The molecule has 1 N–H and O–H groups in total. The van der Waals surface area contributed by atoms with Gasteiger partial charge in [0, 0.05) is 24.3 Å². The number of aromatic hydroxyl groups is 1. The van der Waals surface area contributed by atoms with E-state index in [0.717, 1.165) is 41.3 Å². The van der Waals surface area contributed by atoms with Crippen molar-refractivity contribution in [2.24, 2.45) is 0 Å². The number of para-hydroxylation sites is 1. The van der Waals surface area contributed by atoms with Crippen molar-refractivity contribution in [2.75, 3.05) is 18.0 Å². The topological polar surface area (TPSA) is 67.1 Å². The molecule has 28 heavy (non-hydrogen) atoms. The molecule has 2 aromatic carbocycles. The molecular weight excluding hydrogens is 350 g/mol. The molecular formula is C22H21N5O. The smallest absolute Gasteiger partial charge is 0.170 e. The molecule has 0 aliphatic carbocycles. The van der Waals surface area contributed by atoms with Gasteiger partial charge in [-0.3, -0.25) is 4.57 Å². The number of aromatic nitrogens is 4. The van der Waals surface area contributed by atoms with E-state index in [1.54, 1.807) is 12.1 Å². The average Bonchev–Trinajstić information content (AvgIpc) is 3.19. The summed E-state index contributed by atoms with van der Waals surface area (Å²) >= 11 is 0. The van der Waals surface area contributed by atoms with Gasteiger partial charge >= 0.3 is 0 Å². The van der Waals surface area contributed by atoms with Crippen LogP contribution in [0.2, 0.25) is 0 Å². The maximum atomic E-state index is 9.63. The van der Waals surface area contributed by atoms with Crippen molar-refractivity contribution >= 4 is 17.0 Å². The van der Waals surface area contributed by atoms with Crippen molar-refractivity contribution in [3.05, 3.63) is 60.9 Å². The van der Waals surface area contributed by atoms with Crippen molar-refractivity contribution in [3.8, 4) is 22.8 Å². The highest BCUT2D eigenvalue weighted by Crippen LogP contribution is 2.30. The van der Waals surface area contributed by atoms with Crippen molar-refractivity contribution in [1.82, 2.24) is 19.5 Å². The fourth-order valence-corrected chi connectivity index (χ4v) is 3.73. The maximum Gasteiger partial charge on any atom is 0.170 e. The Morgan fingerprint density at radius 1 is 0.821 bits per heavy atom. The quantitative estimate of drug-likeness (QED) is 0.585. The normalized spacial score (nSPS) is 14.5. The van der Waals surface area contributed by atoms with Crippen molar-refractivity contribution in [2.45, 2.75) is 19.3 Å². The maximum absolute atomic E-state index is 9.63. The first-order chi connectivity index (χ1) is 13.8. The molecule has 1 aliphatic heterocycles. The third kappa shape index (κ3) is 2.97. The second-order valence-corrected chi connectivity index (χ2v) is 7.09. The molecule has 6 nitrogen and oxygen atoms in total. The lowest BCUT2D eigenvalue weighted by molar-refractivity contribution is 0.475. The Morgan fingerprint density at radius 3 is 2.32 bits per heavy atom. The van der Waals surface area contributed by atoms with E-state index < -0.39 is 0 Å². The number of hydrogen-bond acceptors (Lipinski definition) is 5. The van der Waals surface area contributed by atoms with Gasteiger partial charge in [0.25, 0.3) is 0 Å². The molecule has 1 fully saturated rings. The number of rotatable bonds is 3. The van der Waals surface area contributed by atoms with Gasteiger partial charge in [-0.25, -0.2) is 15.0 Å². The van der Waals surface area contributed by atoms with Gasteiger partial charge in [-0.2, -0.15) is 0 Å². The predicted molar refractivity (Wildman–Crippen MR) is 110 cm³/mol. The van der Waals surface area contributed by atoms with Crippen LogP contribution < -0.4 is 4.90 Å². The lowest BCUT2D eigenvalue weighted by Gasteiger charge is -2.28. The van der Waals surface area contributed by atoms with Gasteiger partial charge in [0.15, 0.2) is 22.8 Å². The third-order valence-corrected chi connectivity index (χ3v) is 5.19. The SMILES string of the molecule is Oc1ccc(-c2nc(N3CCCCC3)c3ncn(-c4ccccc4)c3n2)cc1. The van der Waals surface area contributed by atoms with Gasteiger partial charge in [0.05, 0.1) is 0 Å². The van der Waals surface area contributed by atoms with E-state index in [-0.39, 0.29) is 5.75 Å². The zero-order valence-electron chi connectivity index (χ0n) is 15.5. The molecule has 1 saturated heterocycles. The molecule has 3 heterocycles. The van der Waals surface area contributed by atoms with Gasteiger partial charge < -0.3 is 10.0 Å². The molecule has 1 aliphatic rings. The summed E-state index contributed by atoms with van der Waals surface area (Å²) in [6.45, 7) is 1.97. The highest BCUT2D eigenvalue weighted by atomic mass is 16.3. The van der Waals surface area contributed by atoms with Gasteiger partial charge in [0.2, 0.25) is 0 Å². The van der Waals surface area contributed by atoms with Crippen LogP contribution in [0.1, 0.15) is 19.3 Å². The molecule has 4 aromatic rings. The molecule has 0 radical (unpaired) electrons. The largest absolute Gasteiger partial charge is 0.508 e. The first-order valence-electron chi connectivity index (χ1n) is 9.64. The van der Waals surface area contributed by atoms with E-state index in [0.29, 0.717) is 5.82 Å². The van der Waals surface area contributed by atoms with E-state index in [9.17, 15) is 5.11 Å². The second kappa shape index (κ2) is 6.96. The van der Waals surface area contributed by atoms with Gasteiger partial charge in [-0.1, -0.05) is 18.2 Å². The Kier molecular flexibility index (Phi) is 4.16. The van der Waals surface area contributed by atoms with Crippen molar-refractivity contribution in [3.63, 3.8) is 0 Å². The summed E-state index contributed by atoms with van der Waals surface area (Å²) in [6, 6.07) is 17.1. The first kappa shape index (κ1) is 16.7. The van der Waals surface area contributed by atoms with Gasteiger partial charge in [-0.05, 0) is 55.7 Å². The molecule has 0 amide bonds. The van der Waals surface area contributed by atoms with Crippen LogP contribution in [0.25, 0.3) is 28.2 Å². The number of phenols is 1. The lowest BCUT2D eigenvalue weighted by atomic mass is 10.1. The lowest BCUT2D eigenvalue weighted by Crippen LogP contribution is -2.30. The summed E-state index contributed by atoms with van der Waals surface area (Å²) in [5, 5.41) is 9.63. The van der Waals surface area contributed by atoms with E-state index in [1.165, 1.54) is 19.3 Å². The van der Waals surface area contributed by atoms with Crippen LogP contribution in [0.5, 0.6) is 5.75 Å². The van der Waals surface area contributed by atoms with Crippen molar-refractivity contribution in [1.29, 1.82) is 0 Å². The summed E-state index contributed by atoms with van der Waals surface area (Å²) in [7, 11) is 0. The standard InChI is InChI=1S/C22H21N5O/c28-18-11-9-16(10-12-18)20-24-21(26-13-5-2-6-14-26)19-22(25-20)27(15-23-19)17-7-3-1-4-8-17/h1,3-4,7-12,15,28H,2,5-6,13-14H2. The number of phenolic OH excluding ortho intramolecular Hbond substituents is 1. The highest BCUT2D eigenvalue weighted by Gasteiger charge is 2.21. The average molecular weight is 371 g/mol. The fourth-order valence-electron chi connectivity index (χ4n) is 3.73. The number of anilines is 1. The molecule has 0 spiro atoms. The summed E-state index contributed by atoms with van der Waals surface area (Å²) in [6.07, 6.45) is 5.41. The minimum Gasteiger partial charge on any atom is -0.508 e. The molecule has 0 bridgehead atoms. The predicted octanol–water partition coefficient (Wildman–Crippen LogP) is 4.18. The molecule has 0 atom stereocenters. The van der Waals surface area contributed by atoms with E-state index in [2.05, 4.69) is 9.88 Å². The molecule has 6 heteroatoms. The molecule has 0 unspecified atom stereocenters. The number of hydrogen-bond donors (Lipinski definition) is 1. The Bertz CT molecular complexity index is 1100. The fraction of sp³-hybridized carbons (Fsp3) is 0.227. The van der Waals surface area contributed by atoms with Crippen LogP contribution in [-0.4, -0.2) is 37.7 Å². The van der Waals surface area contributed by atoms with Crippen LogP contribution in [0.4, 0.5) is 5.82 Å². The Morgan fingerprint density at radius 2 is 1.57 bits per heavy atom. The van der Waals surface area contributed by atoms with Crippen LogP contribution in [-0.2, 0) is 0 Å². The minimum absolute atomic E-state index is 0.232. The summed E-state index contributed by atoms with van der Waals surface area (Å²) < 4.78 is 2.01. The summed E-state index contributed by atoms with van der Waals surface area (Å²) in [4.78, 5) is 16.7. The summed E-state index contributed by atoms with van der Waals surface area (Å²) in [5.41, 5.74) is 3.52. The number of imidazole rings is 1. The minimum atomic E-state index is 0.232. The monoisotopic (exact) mass is 371 g/mol. The number of fused-ring (bicyclic) bond motifs is 1. The van der Waals surface area contributed by atoms with Crippen LogP contribution >= 0.6 is 0 Å². The molecule has 140 valence electrons. The number of benzene rings is 2. The Labute approximate surface area is 163 Å². The van der Waals surface area contributed by atoms with Gasteiger partial charge in [-0.15, -0.1) is 0 Å². The third-order valence-electron chi connectivity index (χ3n) is 5.19. The molecule has 5 rings (SSSR count). The zero-order valence-corrected chi connectivity index (χ0v) is 15.5. The van der Waals surface area contributed by atoms with E-state index >= 15 is 0 Å². The van der Waals surface area contributed by atoms with Crippen molar-refractivity contribution < 1.29 is 5.11 Å². The highest BCUT2D eigenvalue weighted by molar-refractivity contribution is 5.87. The van der Waals surface area contributed by atoms with E-state index in [4.69, 9.17) is 9.97 Å². The first-order valence-corrected chi connectivity index (χ1v) is 9.64.